The number of imidazole rings is 1. The molecule has 0 amide bonds. The fourth-order valence-electron chi connectivity index (χ4n) is 0.498. The topological polar surface area (TPSA) is 54.7 Å². The van der Waals surface area contributed by atoms with Crippen molar-refractivity contribution in [3.8, 4) is 0 Å². The van der Waals surface area contributed by atoms with Gasteiger partial charge in [0, 0.05) is 0 Å². The van der Waals surface area contributed by atoms with E-state index in [9.17, 15) is 0 Å². The van der Waals surface area contributed by atoms with Gasteiger partial charge in [-0.2, -0.15) is 0 Å². The van der Waals surface area contributed by atoms with Crippen molar-refractivity contribution in [1.82, 2.24) is 9.97 Å². The summed E-state index contributed by atoms with van der Waals surface area (Å²) >= 11 is 3.95. The summed E-state index contributed by atoms with van der Waals surface area (Å²) in [7, 11) is 0. The highest BCUT2D eigenvalue weighted by molar-refractivity contribution is 7.80. The van der Waals surface area contributed by atoms with E-state index in [2.05, 4.69) is 22.6 Å². The van der Waals surface area contributed by atoms with E-state index in [1.807, 2.05) is 6.92 Å². The van der Waals surface area contributed by atoms with Gasteiger partial charge in [0.05, 0.1) is 0 Å². The van der Waals surface area contributed by atoms with Crippen molar-refractivity contribution in [3.05, 3.63) is 5.82 Å². The number of nitrogens with zero attached hydrogens (tertiary/aromatic N) is 1. The van der Waals surface area contributed by atoms with E-state index >= 15 is 0 Å². The maximum Gasteiger partial charge on any atom is 0.135 e. The normalized spacial score (nSPS) is 9.75. The summed E-state index contributed by atoms with van der Waals surface area (Å²) in [6.45, 7) is 1.83. The van der Waals surface area contributed by atoms with Crippen LogP contribution >= 0.6 is 12.6 Å². The Balaban J connectivity index is 3.14. The quantitative estimate of drug-likeness (QED) is 0.449. The fourth-order valence-corrected chi connectivity index (χ4v) is 0.704. The molecule has 1 aromatic rings. The number of aromatic nitrogens is 2. The van der Waals surface area contributed by atoms with Crippen molar-refractivity contribution in [2.24, 2.45) is 0 Å². The van der Waals surface area contributed by atoms with Crippen LogP contribution in [0.1, 0.15) is 5.82 Å². The minimum Gasteiger partial charge on any atom is -0.383 e. The van der Waals surface area contributed by atoms with E-state index in [0.29, 0.717) is 10.8 Å². The molecule has 0 aliphatic heterocycles. The first-order chi connectivity index (χ1) is 3.70. The molecule has 3 nitrogen and oxygen atoms in total. The molecule has 0 aromatic carbocycles. The zero-order valence-electron chi connectivity index (χ0n) is 4.47. The molecular weight excluding hydrogens is 122 g/mol. The van der Waals surface area contributed by atoms with Crippen LogP contribution in [-0.2, 0) is 0 Å². The van der Waals surface area contributed by atoms with Gasteiger partial charge in [-0.15, -0.1) is 12.6 Å². The van der Waals surface area contributed by atoms with Crippen LogP contribution < -0.4 is 5.73 Å². The molecule has 0 saturated heterocycles. The second-order valence-corrected chi connectivity index (χ2v) is 1.98. The zero-order chi connectivity index (χ0) is 6.15. The average molecular weight is 129 g/mol. The number of H-pyrrole nitrogens is 1. The monoisotopic (exact) mass is 129 g/mol. The number of thiol groups is 1. The molecule has 0 spiro atoms. The molecule has 0 aliphatic carbocycles. The molecule has 3 N–H and O–H groups in total. The van der Waals surface area contributed by atoms with E-state index in [4.69, 9.17) is 5.73 Å². The number of nitrogens with one attached hydrogen (secondary N) is 1. The SMILES string of the molecule is Cc1nc(S)c(N)[nH]1. The zero-order valence-corrected chi connectivity index (χ0v) is 5.37. The Morgan fingerprint density at radius 3 is 2.50 bits per heavy atom. The highest BCUT2D eigenvalue weighted by atomic mass is 32.1. The van der Waals surface area contributed by atoms with Crippen LogP contribution in [-0.4, -0.2) is 9.97 Å². The van der Waals surface area contributed by atoms with Gasteiger partial charge in [0.2, 0.25) is 0 Å². The molecule has 0 atom stereocenters. The van der Waals surface area contributed by atoms with Crippen molar-refractivity contribution >= 4 is 18.4 Å². The number of hydrogen-bond acceptors (Lipinski definition) is 3. The van der Waals surface area contributed by atoms with Crippen molar-refractivity contribution in [1.29, 1.82) is 0 Å². The Labute approximate surface area is 52.7 Å². The number of rotatable bonds is 0. The lowest BCUT2D eigenvalue weighted by Gasteiger charge is -1.79. The van der Waals surface area contributed by atoms with Gasteiger partial charge in [-0.05, 0) is 6.92 Å². The molecule has 4 heteroatoms. The fraction of sp³-hybridized carbons (Fsp3) is 0.250. The van der Waals surface area contributed by atoms with E-state index in [1.165, 1.54) is 0 Å². The first-order valence-electron chi connectivity index (χ1n) is 2.21. The Bertz CT molecular complexity index is 174. The number of hydrogen-bond donors (Lipinski definition) is 3. The summed E-state index contributed by atoms with van der Waals surface area (Å²) in [5.41, 5.74) is 5.35. The lowest BCUT2D eigenvalue weighted by molar-refractivity contribution is 1.10. The number of anilines is 1. The minimum absolute atomic E-state index is 0.533. The van der Waals surface area contributed by atoms with Crippen molar-refractivity contribution in [3.63, 3.8) is 0 Å². The van der Waals surface area contributed by atoms with Crippen LogP contribution in [0.5, 0.6) is 0 Å². The van der Waals surface area contributed by atoms with Gasteiger partial charge in [-0.1, -0.05) is 0 Å². The molecular formula is C4H7N3S. The molecule has 0 saturated carbocycles. The molecule has 0 bridgehead atoms. The minimum atomic E-state index is 0.533. The second kappa shape index (κ2) is 1.70. The molecule has 1 aromatic heterocycles. The summed E-state index contributed by atoms with van der Waals surface area (Å²) in [6, 6.07) is 0. The molecule has 0 radical (unpaired) electrons. The van der Waals surface area contributed by atoms with Crippen LogP contribution in [0.2, 0.25) is 0 Å². The number of aromatic amines is 1. The molecule has 0 aliphatic rings. The van der Waals surface area contributed by atoms with Gasteiger partial charge in [-0.3, -0.25) is 0 Å². The van der Waals surface area contributed by atoms with Crippen molar-refractivity contribution in [2.75, 3.05) is 5.73 Å². The Morgan fingerprint density at radius 2 is 2.38 bits per heavy atom. The van der Waals surface area contributed by atoms with E-state index < -0.39 is 0 Å². The van der Waals surface area contributed by atoms with E-state index in [0.717, 1.165) is 5.82 Å². The van der Waals surface area contributed by atoms with E-state index in [-0.39, 0.29) is 0 Å². The number of nitrogens with two attached hydrogens (primary N) is 1. The maximum atomic E-state index is 5.35. The van der Waals surface area contributed by atoms with Crippen LogP contribution in [0.3, 0.4) is 0 Å². The van der Waals surface area contributed by atoms with E-state index in [1.54, 1.807) is 0 Å². The third kappa shape index (κ3) is 0.790. The summed E-state index contributed by atoms with van der Waals surface area (Å²) in [5.74, 6) is 1.33. The number of nitrogen functional groups attached to an aromatic ring is 1. The first kappa shape index (κ1) is 5.50. The Morgan fingerprint density at radius 1 is 1.75 bits per heavy atom. The highest BCUT2D eigenvalue weighted by Gasteiger charge is 1.95. The van der Waals surface area contributed by atoms with Gasteiger partial charge in [0.15, 0.2) is 0 Å². The van der Waals surface area contributed by atoms with Crippen LogP contribution in [0.4, 0.5) is 5.82 Å². The summed E-state index contributed by atoms with van der Waals surface area (Å²) in [5, 5.41) is 0.572. The van der Waals surface area contributed by atoms with Gasteiger partial charge in [-0.25, -0.2) is 4.98 Å². The molecule has 8 heavy (non-hydrogen) atoms. The summed E-state index contributed by atoms with van der Waals surface area (Å²) in [6.07, 6.45) is 0. The largest absolute Gasteiger partial charge is 0.383 e. The lowest BCUT2D eigenvalue weighted by Crippen LogP contribution is -1.83. The Kier molecular flexibility index (Phi) is 1.17. The third-order valence-electron chi connectivity index (χ3n) is 0.830. The third-order valence-corrected chi connectivity index (χ3v) is 1.17. The summed E-state index contributed by atoms with van der Waals surface area (Å²) in [4.78, 5) is 6.69. The van der Waals surface area contributed by atoms with Gasteiger partial charge < -0.3 is 10.7 Å². The van der Waals surface area contributed by atoms with Crippen molar-refractivity contribution < 1.29 is 0 Å². The average Bonchev–Trinajstić information content (AvgIpc) is 1.85. The predicted molar refractivity (Wildman–Crippen MR) is 35.0 cm³/mol. The first-order valence-corrected chi connectivity index (χ1v) is 2.66. The smallest absolute Gasteiger partial charge is 0.135 e. The molecule has 0 unspecified atom stereocenters. The predicted octanol–water partition coefficient (Wildman–Crippen LogP) is 0.589. The Hall–Kier alpha value is -0.640. The standard InChI is InChI=1S/C4H7N3S/c1-2-6-3(5)4(8)7-2/h8H,5H2,1H3,(H,6,7). The second-order valence-electron chi connectivity index (χ2n) is 1.56. The molecule has 1 rings (SSSR count). The van der Waals surface area contributed by atoms with Crippen LogP contribution in [0.25, 0.3) is 0 Å². The number of aryl methyl sites for hydroxylation is 1. The van der Waals surface area contributed by atoms with Gasteiger partial charge >= 0.3 is 0 Å². The van der Waals surface area contributed by atoms with Gasteiger partial charge in [0.1, 0.15) is 16.7 Å². The maximum absolute atomic E-state index is 5.35. The summed E-state index contributed by atoms with van der Waals surface area (Å²) < 4.78 is 0. The molecule has 1 heterocycles. The molecule has 44 valence electrons. The molecule has 0 fully saturated rings. The van der Waals surface area contributed by atoms with Crippen LogP contribution in [0, 0.1) is 6.92 Å². The lowest BCUT2D eigenvalue weighted by atomic mass is 10.8. The highest BCUT2D eigenvalue weighted by Crippen LogP contribution is 2.10. The van der Waals surface area contributed by atoms with Crippen molar-refractivity contribution in [2.45, 2.75) is 11.9 Å². The van der Waals surface area contributed by atoms with Gasteiger partial charge in [0.25, 0.3) is 0 Å². The van der Waals surface area contributed by atoms with Crippen LogP contribution in [0.15, 0.2) is 5.03 Å².